The van der Waals surface area contributed by atoms with E-state index in [1.54, 1.807) is 13.3 Å². The Morgan fingerprint density at radius 3 is 2.84 bits per heavy atom. The zero-order chi connectivity index (χ0) is 17.2. The number of methoxy groups -OCH3 is 1. The molecule has 2 fully saturated rings. The summed E-state index contributed by atoms with van der Waals surface area (Å²) >= 11 is 0. The van der Waals surface area contributed by atoms with E-state index in [1.165, 1.54) is 12.8 Å². The molecule has 0 radical (unpaired) electrons. The Kier molecular flexibility index (Phi) is 4.68. The molecule has 2 saturated heterocycles. The summed E-state index contributed by atoms with van der Waals surface area (Å²) < 4.78 is 5.58. The van der Waals surface area contributed by atoms with Crippen LogP contribution in [-0.4, -0.2) is 66.1 Å². The first-order valence-corrected chi connectivity index (χ1v) is 9.16. The number of nitrogens with zero attached hydrogens (tertiary/aromatic N) is 3. The molecule has 5 nitrogen and oxygen atoms in total. The number of ether oxygens (including phenoxy) is 1. The van der Waals surface area contributed by atoms with Crippen LogP contribution in [0.2, 0.25) is 0 Å². The molecule has 1 aromatic carbocycles. The van der Waals surface area contributed by atoms with E-state index in [1.807, 2.05) is 35.2 Å². The Bertz CT molecular complexity index is 752. The number of fused-ring (bicyclic) bond motifs is 1. The van der Waals surface area contributed by atoms with Crippen LogP contribution in [0, 0.1) is 0 Å². The van der Waals surface area contributed by atoms with Gasteiger partial charge in [-0.25, -0.2) is 0 Å². The minimum Gasteiger partial charge on any atom is -0.380 e. The topological polar surface area (TPSA) is 45.7 Å². The van der Waals surface area contributed by atoms with E-state index < -0.39 is 0 Å². The lowest BCUT2D eigenvalue weighted by Gasteiger charge is -2.28. The molecule has 2 aliphatic rings. The first-order chi connectivity index (χ1) is 12.3. The number of amides is 1. The molecule has 0 unspecified atom stereocenters. The second-order valence-corrected chi connectivity index (χ2v) is 7.09. The van der Waals surface area contributed by atoms with Crippen molar-refractivity contribution in [3.8, 4) is 0 Å². The number of carbonyl (C=O) groups excluding carboxylic acids is 1. The van der Waals surface area contributed by atoms with Crippen molar-refractivity contribution in [1.82, 2.24) is 14.8 Å². The van der Waals surface area contributed by atoms with Gasteiger partial charge in [0, 0.05) is 37.8 Å². The molecule has 132 valence electrons. The maximum absolute atomic E-state index is 13.3. The maximum Gasteiger partial charge on any atom is 0.273 e. The Morgan fingerprint density at radius 2 is 2.04 bits per heavy atom. The Labute approximate surface area is 148 Å². The third-order valence-electron chi connectivity index (χ3n) is 5.51. The third kappa shape index (κ3) is 3.26. The van der Waals surface area contributed by atoms with E-state index in [0.717, 1.165) is 36.8 Å². The fourth-order valence-electron chi connectivity index (χ4n) is 4.16. The summed E-state index contributed by atoms with van der Waals surface area (Å²) in [5.41, 5.74) is 0.557. The summed E-state index contributed by atoms with van der Waals surface area (Å²) in [6.07, 6.45) is 5.28. The predicted molar refractivity (Wildman–Crippen MR) is 97.7 cm³/mol. The second-order valence-electron chi connectivity index (χ2n) is 7.09. The fraction of sp³-hybridized carbons (Fsp3) is 0.500. The first kappa shape index (κ1) is 16.5. The molecule has 2 atom stereocenters. The summed E-state index contributed by atoms with van der Waals surface area (Å²) in [5, 5.41) is 1.98. The molecule has 0 saturated carbocycles. The molecular formula is C20H25N3O2. The van der Waals surface area contributed by atoms with Gasteiger partial charge in [-0.15, -0.1) is 0 Å². The normalized spacial score (nSPS) is 24.3. The Hall–Kier alpha value is -1.98. The van der Waals surface area contributed by atoms with Gasteiger partial charge in [0.25, 0.3) is 5.91 Å². The molecule has 3 heterocycles. The summed E-state index contributed by atoms with van der Waals surface area (Å²) in [7, 11) is 1.74. The van der Waals surface area contributed by atoms with E-state index in [-0.39, 0.29) is 18.1 Å². The van der Waals surface area contributed by atoms with E-state index in [2.05, 4.69) is 9.88 Å². The highest BCUT2D eigenvalue weighted by Gasteiger charge is 2.37. The van der Waals surface area contributed by atoms with Crippen LogP contribution in [0.3, 0.4) is 0 Å². The van der Waals surface area contributed by atoms with Crippen LogP contribution in [0.1, 0.15) is 29.8 Å². The molecule has 4 rings (SSSR count). The highest BCUT2D eigenvalue weighted by atomic mass is 16.5. The average Bonchev–Trinajstić information content (AvgIpc) is 3.31. The lowest BCUT2D eigenvalue weighted by Crippen LogP contribution is -2.43. The summed E-state index contributed by atoms with van der Waals surface area (Å²) in [4.78, 5) is 22.2. The molecule has 0 bridgehead atoms. The number of rotatable bonds is 4. The lowest BCUT2D eigenvalue weighted by atomic mass is 10.1. The van der Waals surface area contributed by atoms with Crippen LogP contribution >= 0.6 is 0 Å². The number of hydrogen-bond acceptors (Lipinski definition) is 4. The van der Waals surface area contributed by atoms with Crippen molar-refractivity contribution in [1.29, 1.82) is 0 Å². The van der Waals surface area contributed by atoms with Crippen molar-refractivity contribution < 1.29 is 9.53 Å². The molecule has 5 heteroatoms. The summed E-state index contributed by atoms with van der Waals surface area (Å²) in [6.45, 7) is 3.88. The van der Waals surface area contributed by atoms with Crippen molar-refractivity contribution in [3.05, 3.63) is 42.2 Å². The zero-order valence-corrected chi connectivity index (χ0v) is 14.7. The fourth-order valence-corrected chi connectivity index (χ4v) is 4.16. The predicted octanol–water partition coefficient (Wildman–Crippen LogP) is 2.56. The smallest absolute Gasteiger partial charge is 0.273 e. The highest BCUT2D eigenvalue weighted by molar-refractivity contribution is 6.05. The van der Waals surface area contributed by atoms with Crippen molar-refractivity contribution in [2.75, 3.05) is 33.3 Å². The number of likely N-dealkylation sites (tertiary alicyclic amines) is 2. The third-order valence-corrected chi connectivity index (χ3v) is 5.51. The molecule has 0 spiro atoms. The van der Waals surface area contributed by atoms with Crippen molar-refractivity contribution in [3.63, 3.8) is 0 Å². The second kappa shape index (κ2) is 7.10. The van der Waals surface area contributed by atoms with Gasteiger partial charge in [0.15, 0.2) is 0 Å². The molecule has 0 aliphatic carbocycles. The van der Waals surface area contributed by atoms with Gasteiger partial charge in [-0.1, -0.05) is 24.3 Å². The molecular weight excluding hydrogens is 314 g/mol. The Morgan fingerprint density at radius 1 is 1.24 bits per heavy atom. The standard InChI is InChI=1S/C20H25N3O2/c1-25-17-12-16(13-22-10-4-5-11-22)23(14-17)20(24)19-18-7-3-2-6-15(18)8-9-21-19/h2-3,6-9,16-17H,4-5,10-14H2,1H3/t16-,17-/m0/s1. The van der Waals surface area contributed by atoms with E-state index >= 15 is 0 Å². The van der Waals surface area contributed by atoms with Crippen LogP contribution in [0.5, 0.6) is 0 Å². The van der Waals surface area contributed by atoms with Crippen LogP contribution < -0.4 is 0 Å². The van der Waals surface area contributed by atoms with Gasteiger partial charge in [0.2, 0.25) is 0 Å². The van der Waals surface area contributed by atoms with Gasteiger partial charge in [-0.2, -0.15) is 0 Å². The minimum atomic E-state index is 0.0283. The van der Waals surface area contributed by atoms with Gasteiger partial charge >= 0.3 is 0 Å². The number of pyridine rings is 1. The highest BCUT2D eigenvalue weighted by Crippen LogP contribution is 2.26. The van der Waals surface area contributed by atoms with Crippen molar-refractivity contribution >= 4 is 16.7 Å². The molecule has 2 aromatic rings. The summed E-state index contributed by atoms with van der Waals surface area (Å²) in [5.74, 6) is 0.0283. The molecule has 1 aromatic heterocycles. The molecule has 0 N–H and O–H groups in total. The van der Waals surface area contributed by atoms with Crippen molar-refractivity contribution in [2.24, 2.45) is 0 Å². The van der Waals surface area contributed by atoms with Gasteiger partial charge in [-0.3, -0.25) is 9.78 Å². The molecule has 25 heavy (non-hydrogen) atoms. The van der Waals surface area contributed by atoms with Crippen LogP contribution in [0.4, 0.5) is 0 Å². The largest absolute Gasteiger partial charge is 0.380 e. The van der Waals surface area contributed by atoms with Gasteiger partial charge in [0.05, 0.1) is 6.10 Å². The number of carbonyl (C=O) groups is 1. The number of hydrogen-bond donors (Lipinski definition) is 0. The van der Waals surface area contributed by atoms with Gasteiger partial charge in [-0.05, 0) is 43.8 Å². The SMILES string of the molecule is CO[C@H]1C[C@@H](CN2CCCC2)N(C(=O)c2nccc3ccccc23)C1. The molecule has 1 amide bonds. The van der Waals surface area contributed by atoms with Crippen molar-refractivity contribution in [2.45, 2.75) is 31.4 Å². The van der Waals surface area contributed by atoms with E-state index in [9.17, 15) is 4.79 Å². The zero-order valence-electron chi connectivity index (χ0n) is 14.7. The van der Waals surface area contributed by atoms with E-state index in [4.69, 9.17) is 4.74 Å². The quantitative estimate of drug-likeness (QED) is 0.859. The van der Waals surface area contributed by atoms with Gasteiger partial charge in [0.1, 0.15) is 5.69 Å². The van der Waals surface area contributed by atoms with Crippen LogP contribution in [-0.2, 0) is 4.74 Å². The minimum absolute atomic E-state index is 0.0283. The Balaban J connectivity index is 1.61. The van der Waals surface area contributed by atoms with Crippen LogP contribution in [0.15, 0.2) is 36.5 Å². The van der Waals surface area contributed by atoms with Crippen LogP contribution in [0.25, 0.3) is 10.8 Å². The number of aromatic nitrogens is 1. The summed E-state index contributed by atoms with van der Waals surface area (Å²) in [6, 6.07) is 10.1. The first-order valence-electron chi connectivity index (χ1n) is 9.16. The monoisotopic (exact) mass is 339 g/mol. The number of benzene rings is 1. The molecule has 2 aliphatic heterocycles. The maximum atomic E-state index is 13.3. The lowest BCUT2D eigenvalue weighted by molar-refractivity contribution is 0.0666. The van der Waals surface area contributed by atoms with E-state index in [0.29, 0.717) is 12.2 Å². The average molecular weight is 339 g/mol. The van der Waals surface area contributed by atoms with Gasteiger partial charge < -0.3 is 14.5 Å².